The second kappa shape index (κ2) is 4.87. The van der Waals surface area contributed by atoms with Gasteiger partial charge in [-0.3, -0.25) is 9.78 Å². The second-order valence-corrected chi connectivity index (χ2v) is 4.12. The summed E-state index contributed by atoms with van der Waals surface area (Å²) >= 11 is 0. The van der Waals surface area contributed by atoms with Gasteiger partial charge in [-0.25, -0.2) is 0 Å². The lowest BCUT2D eigenvalue weighted by atomic mass is 10.1. The Bertz CT molecular complexity index is 594. The molecule has 0 aliphatic carbocycles. The minimum absolute atomic E-state index is 0.0155. The van der Waals surface area contributed by atoms with Gasteiger partial charge in [-0.05, 0) is 37.1 Å². The van der Waals surface area contributed by atoms with E-state index < -0.39 is 0 Å². The van der Waals surface area contributed by atoms with Gasteiger partial charge in [0.15, 0.2) is 0 Å². The summed E-state index contributed by atoms with van der Waals surface area (Å²) in [5.74, 6) is -0.313. The van der Waals surface area contributed by atoms with Crippen molar-refractivity contribution in [1.82, 2.24) is 4.98 Å². The predicted octanol–water partition coefficient (Wildman–Crippen LogP) is 2.66. The zero-order valence-corrected chi connectivity index (χ0v) is 10.3. The van der Waals surface area contributed by atoms with Crippen LogP contribution < -0.4 is 5.32 Å². The highest BCUT2D eigenvalue weighted by Gasteiger charge is 2.13. The monoisotopic (exact) mass is 242 g/mol. The summed E-state index contributed by atoms with van der Waals surface area (Å²) in [5, 5.41) is 12.6. The molecule has 92 valence electrons. The quantitative estimate of drug-likeness (QED) is 0.851. The number of aromatic nitrogens is 1. The van der Waals surface area contributed by atoms with Crippen molar-refractivity contribution in [3.05, 3.63) is 53.3 Å². The van der Waals surface area contributed by atoms with Gasteiger partial charge in [0.2, 0.25) is 0 Å². The third kappa shape index (κ3) is 2.32. The van der Waals surface area contributed by atoms with Crippen molar-refractivity contribution in [2.24, 2.45) is 0 Å². The summed E-state index contributed by atoms with van der Waals surface area (Å²) in [4.78, 5) is 16.0. The number of phenolic OH excluding ortho intramolecular Hbond substituents is 1. The van der Waals surface area contributed by atoms with Gasteiger partial charge < -0.3 is 10.4 Å². The largest absolute Gasteiger partial charge is 0.507 e. The van der Waals surface area contributed by atoms with Crippen molar-refractivity contribution < 1.29 is 9.90 Å². The SMILES string of the molecule is Cc1cnccc1NC(=O)c1cccc(C)c1O. The predicted molar refractivity (Wildman–Crippen MR) is 69.8 cm³/mol. The third-order valence-corrected chi connectivity index (χ3v) is 2.75. The van der Waals surface area contributed by atoms with Crippen LogP contribution in [0.5, 0.6) is 5.75 Å². The maximum atomic E-state index is 12.0. The number of anilines is 1. The van der Waals surface area contributed by atoms with Crippen LogP contribution >= 0.6 is 0 Å². The van der Waals surface area contributed by atoms with Crippen LogP contribution in [0.4, 0.5) is 5.69 Å². The average molecular weight is 242 g/mol. The normalized spacial score (nSPS) is 10.1. The second-order valence-electron chi connectivity index (χ2n) is 4.12. The highest BCUT2D eigenvalue weighted by molar-refractivity contribution is 6.06. The fraction of sp³-hybridized carbons (Fsp3) is 0.143. The lowest BCUT2D eigenvalue weighted by Crippen LogP contribution is -2.13. The summed E-state index contributed by atoms with van der Waals surface area (Å²) in [5.41, 5.74) is 2.51. The summed E-state index contributed by atoms with van der Waals surface area (Å²) in [6.45, 7) is 3.61. The number of para-hydroxylation sites is 1. The molecule has 0 aliphatic rings. The van der Waals surface area contributed by atoms with Gasteiger partial charge in [0, 0.05) is 18.1 Å². The number of nitrogens with one attached hydrogen (secondary N) is 1. The number of hydrogen-bond acceptors (Lipinski definition) is 3. The summed E-state index contributed by atoms with van der Waals surface area (Å²) in [6.07, 6.45) is 3.28. The van der Waals surface area contributed by atoms with Gasteiger partial charge in [0.25, 0.3) is 5.91 Å². The first-order valence-corrected chi connectivity index (χ1v) is 5.60. The van der Waals surface area contributed by atoms with Crippen LogP contribution in [-0.4, -0.2) is 16.0 Å². The number of aryl methyl sites for hydroxylation is 2. The first kappa shape index (κ1) is 12.1. The molecule has 1 aromatic heterocycles. The lowest BCUT2D eigenvalue weighted by Gasteiger charge is -2.09. The van der Waals surface area contributed by atoms with Gasteiger partial charge in [0.1, 0.15) is 5.75 Å². The first-order chi connectivity index (χ1) is 8.59. The van der Waals surface area contributed by atoms with E-state index in [1.54, 1.807) is 43.6 Å². The standard InChI is InChI=1S/C14H14N2O2/c1-9-4-3-5-11(13(9)17)14(18)16-12-6-7-15-8-10(12)2/h3-8,17H,1-2H3,(H,15,16,18). The van der Waals surface area contributed by atoms with E-state index in [0.29, 0.717) is 11.3 Å². The minimum Gasteiger partial charge on any atom is -0.507 e. The zero-order chi connectivity index (χ0) is 13.1. The van der Waals surface area contributed by atoms with Gasteiger partial charge in [-0.1, -0.05) is 12.1 Å². The van der Waals surface area contributed by atoms with E-state index in [1.165, 1.54) is 0 Å². The minimum atomic E-state index is -0.328. The Labute approximate surface area is 105 Å². The molecular weight excluding hydrogens is 228 g/mol. The molecule has 1 amide bonds. The molecule has 4 heteroatoms. The molecule has 0 atom stereocenters. The Morgan fingerprint density at radius 3 is 2.72 bits per heavy atom. The van der Waals surface area contributed by atoms with Crippen LogP contribution in [0, 0.1) is 13.8 Å². The number of hydrogen-bond donors (Lipinski definition) is 2. The van der Waals surface area contributed by atoms with E-state index in [1.807, 2.05) is 6.92 Å². The molecular formula is C14H14N2O2. The maximum Gasteiger partial charge on any atom is 0.259 e. The van der Waals surface area contributed by atoms with Crippen molar-refractivity contribution >= 4 is 11.6 Å². The van der Waals surface area contributed by atoms with Gasteiger partial charge in [-0.2, -0.15) is 0 Å². The molecule has 2 N–H and O–H groups in total. The van der Waals surface area contributed by atoms with Crippen LogP contribution in [0.2, 0.25) is 0 Å². The molecule has 0 spiro atoms. The first-order valence-electron chi connectivity index (χ1n) is 5.60. The van der Waals surface area contributed by atoms with Crippen LogP contribution in [0.3, 0.4) is 0 Å². The molecule has 18 heavy (non-hydrogen) atoms. The van der Waals surface area contributed by atoms with Crippen LogP contribution in [-0.2, 0) is 0 Å². The number of phenols is 1. The highest BCUT2D eigenvalue weighted by Crippen LogP contribution is 2.23. The Morgan fingerprint density at radius 2 is 2.00 bits per heavy atom. The molecule has 1 aromatic carbocycles. The number of carbonyl (C=O) groups excluding carboxylic acids is 1. The van der Waals surface area contributed by atoms with E-state index in [4.69, 9.17) is 0 Å². The lowest BCUT2D eigenvalue weighted by molar-refractivity contribution is 0.102. The van der Waals surface area contributed by atoms with E-state index in [-0.39, 0.29) is 17.2 Å². The molecule has 0 bridgehead atoms. The van der Waals surface area contributed by atoms with Crippen molar-refractivity contribution in [2.45, 2.75) is 13.8 Å². The Morgan fingerprint density at radius 1 is 1.22 bits per heavy atom. The molecule has 0 aliphatic heterocycles. The molecule has 1 heterocycles. The summed E-state index contributed by atoms with van der Waals surface area (Å²) < 4.78 is 0. The molecule has 0 saturated heterocycles. The van der Waals surface area contributed by atoms with Crippen molar-refractivity contribution in [3.63, 3.8) is 0 Å². The van der Waals surface area contributed by atoms with Crippen molar-refractivity contribution in [2.75, 3.05) is 5.32 Å². The Hall–Kier alpha value is -2.36. The third-order valence-electron chi connectivity index (χ3n) is 2.75. The molecule has 2 rings (SSSR count). The molecule has 0 saturated carbocycles. The number of pyridine rings is 1. The molecule has 4 nitrogen and oxygen atoms in total. The maximum absolute atomic E-state index is 12.0. The number of nitrogens with zero attached hydrogens (tertiary/aromatic N) is 1. The van der Waals surface area contributed by atoms with E-state index >= 15 is 0 Å². The fourth-order valence-corrected chi connectivity index (χ4v) is 1.65. The number of carbonyl (C=O) groups is 1. The molecule has 2 aromatic rings. The van der Waals surface area contributed by atoms with Crippen molar-refractivity contribution in [1.29, 1.82) is 0 Å². The fourth-order valence-electron chi connectivity index (χ4n) is 1.65. The van der Waals surface area contributed by atoms with Crippen LogP contribution in [0.15, 0.2) is 36.7 Å². The molecule has 0 unspecified atom stereocenters. The van der Waals surface area contributed by atoms with Gasteiger partial charge in [-0.15, -0.1) is 0 Å². The summed E-state index contributed by atoms with van der Waals surface area (Å²) in [6, 6.07) is 6.81. The topological polar surface area (TPSA) is 62.2 Å². The Kier molecular flexibility index (Phi) is 3.28. The van der Waals surface area contributed by atoms with E-state index in [0.717, 1.165) is 5.56 Å². The van der Waals surface area contributed by atoms with E-state index in [9.17, 15) is 9.90 Å². The number of benzene rings is 1. The highest BCUT2D eigenvalue weighted by atomic mass is 16.3. The molecule has 0 fully saturated rings. The van der Waals surface area contributed by atoms with Crippen LogP contribution in [0.1, 0.15) is 21.5 Å². The summed E-state index contributed by atoms with van der Waals surface area (Å²) in [7, 11) is 0. The van der Waals surface area contributed by atoms with Gasteiger partial charge in [0.05, 0.1) is 5.56 Å². The van der Waals surface area contributed by atoms with Crippen LogP contribution in [0.25, 0.3) is 0 Å². The zero-order valence-electron chi connectivity index (χ0n) is 10.3. The van der Waals surface area contributed by atoms with Gasteiger partial charge >= 0.3 is 0 Å². The number of rotatable bonds is 2. The number of aromatic hydroxyl groups is 1. The molecule has 0 radical (unpaired) electrons. The van der Waals surface area contributed by atoms with Crippen molar-refractivity contribution in [3.8, 4) is 5.75 Å². The Balaban J connectivity index is 2.28. The van der Waals surface area contributed by atoms with E-state index in [2.05, 4.69) is 10.3 Å². The smallest absolute Gasteiger partial charge is 0.259 e. The number of amides is 1. The average Bonchev–Trinajstić information content (AvgIpc) is 2.35.